The summed E-state index contributed by atoms with van der Waals surface area (Å²) in [7, 11) is 3.13. The lowest BCUT2D eigenvalue weighted by Crippen LogP contribution is -2.28. The molecule has 0 fully saturated rings. The Morgan fingerprint density at radius 2 is 2.00 bits per heavy atom. The van der Waals surface area contributed by atoms with E-state index in [1.165, 1.54) is 7.11 Å². The fourth-order valence-corrected chi connectivity index (χ4v) is 2.30. The summed E-state index contributed by atoms with van der Waals surface area (Å²) in [4.78, 5) is 29.7. The summed E-state index contributed by atoms with van der Waals surface area (Å²) in [6, 6.07) is 10.5. The van der Waals surface area contributed by atoms with Crippen molar-refractivity contribution in [1.29, 1.82) is 0 Å². The minimum absolute atomic E-state index is 0.0901. The van der Waals surface area contributed by atoms with E-state index in [0.717, 1.165) is 30.8 Å². The number of unbranched alkanes of at least 4 members (excludes halogenated alkanes) is 1. The maximum Gasteiger partial charge on any atom is 0.337 e. The van der Waals surface area contributed by atoms with Crippen molar-refractivity contribution in [2.24, 2.45) is 0 Å². The number of nitrogens with one attached hydrogen (secondary N) is 1. The first-order chi connectivity index (χ1) is 12.0. The zero-order valence-corrected chi connectivity index (χ0v) is 14.8. The molecule has 0 radical (unpaired) electrons. The molecule has 0 aliphatic rings. The Kier molecular flexibility index (Phi) is 6.51. The minimum Gasteiger partial charge on any atom is -0.465 e. The molecule has 1 amide bonds. The molecule has 1 aromatic heterocycles. The van der Waals surface area contributed by atoms with E-state index in [2.05, 4.69) is 17.2 Å². The average molecular weight is 341 g/mol. The highest BCUT2D eigenvalue weighted by molar-refractivity contribution is 5.92. The number of hydrogen-bond acceptors (Lipinski definition) is 5. The predicted molar refractivity (Wildman–Crippen MR) is 97.2 cm³/mol. The van der Waals surface area contributed by atoms with Crippen molar-refractivity contribution in [3.05, 3.63) is 53.9 Å². The number of pyridine rings is 1. The number of carbonyl (C=O) groups excluding carboxylic acids is 2. The molecule has 0 atom stereocenters. The fraction of sp³-hybridized carbons (Fsp3) is 0.316. The Morgan fingerprint density at radius 3 is 2.64 bits per heavy atom. The molecule has 0 unspecified atom stereocenters. The van der Waals surface area contributed by atoms with Crippen molar-refractivity contribution in [1.82, 2.24) is 9.88 Å². The molecule has 132 valence electrons. The monoisotopic (exact) mass is 341 g/mol. The second-order valence-corrected chi connectivity index (χ2v) is 5.71. The highest BCUT2D eigenvalue weighted by atomic mass is 16.5. The Bertz CT molecular complexity index is 729. The number of esters is 1. The first kappa shape index (κ1) is 18.4. The zero-order chi connectivity index (χ0) is 18.2. The van der Waals surface area contributed by atoms with Crippen LogP contribution in [0.2, 0.25) is 0 Å². The van der Waals surface area contributed by atoms with E-state index in [-0.39, 0.29) is 5.91 Å². The summed E-state index contributed by atoms with van der Waals surface area (Å²) < 4.78 is 4.71. The average Bonchev–Trinajstić information content (AvgIpc) is 2.65. The molecule has 0 aliphatic heterocycles. The number of benzene rings is 1. The van der Waals surface area contributed by atoms with Crippen LogP contribution in [0.5, 0.6) is 0 Å². The number of nitrogens with zero attached hydrogens (tertiary/aromatic N) is 2. The lowest BCUT2D eigenvalue weighted by atomic mass is 10.2. The summed E-state index contributed by atoms with van der Waals surface area (Å²) in [6.45, 7) is 2.81. The summed E-state index contributed by atoms with van der Waals surface area (Å²) >= 11 is 0. The molecule has 0 saturated heterocycles. The van der Waals surface area contributed by atoms with Gasteiger partial charge in [0.2, 0.25) is 0 Å². The molecule has 6 nitrogen and oxygen atoms in total. The van der Waals surface area contributed by atoms with Gasteiger partial charge in [-0.1, -0.05) is 19.4 Å². The molecule has 1 aromatic carbocycles. The Morgan fingerprint density at radius 1 is 1.20 bits per heavy atom. The van der Waals surface area contributed by atoms with Crippen LogP contribution in [0.3, 0.4) is 0 Å². The van der Waals surface area contributed by atoms with Crippen LogP contribution in [0.15, 0.2) is 42.6 Å². The number of anilines is 2. The van der Waals surface area contributed by atoms with Gasteiger partial charge >= 0.3 is 5.97 Å². The molecule has 2 rings (SSSR count). The van der Waals surface area contributed by atoms with Gasteiger partial charge in [0.25, 0.3) is 5.91 Å². The zero-order valence-electron chi connectivity index (χ0n) is 14.8. The van der Waals surface area contributed by atoms with E-state index in [1.807, 2.05) is 6.07 Å². The van der Waals surface area contributed by atoms with Crippen LogP contribution in [-0.4, -0.2) is 42.5 Å². The smallest absolute Gasteiger partial charge is 0.337 e. The molecular weight excluding hydrogens is 318 g/mol. The topological polar surface area (TPSA) is 71.5 Å². The third kappa shape index (κ3) is 5.04. The molecule has 2 aromatic rings. The standard InChI is InChI=1S/C19H23N3O3/c1-4-5-11-22(2)18(23)17-10-9-16(13-20-17)21-15-8-6-7-14(12-15)19(24)25-3/h6-10,12-13,21H,4-5,11H2,1-3H3. The molecule has 1 heterocycles. The number of carbonyl (C=O) groups is 2. The second kappa shape index (κ2) is 8.82. The Balaban J connectivity index is 2.05. The second-order valence-electron chi connectivity index (χ2n) is 5.71. The summed E-state index contributed by atoms with van der Waals surface area (Å²) in [5.74, 6) is -0.481. The first-order valence-corrected chi connectivity index (χ1v) is 8.22. The van der Waals surface area contributed by atoms with Crippen LogP contribution in [0, 0.1) is 0 Å². The van der Waals surface area contributed by atoms with Gasteiger partial charge < -0.3 is 15.0 Å². The SMILES string of the molecule is CCCCN(C)C(=O)c1ccc(Nc2cccc(C(=O)OC)c2)cn1. The molecule has 0 aliphatic carbocycles. The normalized spacial score (nSPS) is 10.2. The maximum atomic E-state index is 12.3. The molecule has 0 spiro atoms. The third-order valence-electron chi connectivity index (χ3n) is 3.75. The Labute approximate surface area is 147 Å². The van der Waals surface area contributed by atoms with Gasteiger partial charge in [0.1, 0.15) is 5.69 Å². The van der Waals surface area contributed by atoms with Crippen molar-refractivity contribution < 1.29 is 14.3 Å². The van der Waals surface area contributed by atoms with Gasteiger partial charge in [0, 0.05) is 19.3 Å². The van der Waals surface area contributed by atoms with Gasteiger partial charge in [-0.25, -0.2) is 9.78 Å². The van der Waals surface area contributed by atoms with E-state index in [0.29, 0.717) is 11.3 Å². The maximum absolute atomic E-state index is 12.3. The van der Waals surface area contributed by atoms with E-state index >= 15 is 0 Å². The number of hydrogen-bond donors (Lipinski definition) is 1. The predicted octanol–water partition coefficient (Wildman–Crippen LogP) is 3.48. The van der Waals surface area contributed by atoms with Gasteiger partial charge in [0.05, 0.1) is 24.6 Å². The minimum atomic E-state index is -0.391. The molecular formula is C19H23N3O3. The van der Waals surface area contributed by atoms with Crippen molar-refractivity contribution in [2.75, 3.05) is 26.0 Å². The highest BCUT2D eigenvalue weighted by Crippen LogP contribution is 2.18. The fourth-order valence-electron chi connectivity index (χ4n) is 2.30. The van der Waals surface area contributed by atoms with Crippen molar-refractivity contribution >= 4 is 23.3 Å². The number of amides is 1. The quantitative estimate of drug-likeness (QED) is 0.781. The van der Waals surface area contributed by atoms with Crippen LogP contribution < -0.4 is 5.32 Å². The van der Waals surface area contributed by atoms with Crippen LogP contribution in [0.4, 0.5) is 11.4 Å². The lowest BCUT2D eigenvalue weighted by molar-refractivity contribution is 0.0600. The van der Waals surface area contributed by atoms with E-state index < -0.39 is 5.97 Å². The molecule has 25 heavy (non-hydrogen) atoms. The van der Waals surface area contributed by atoms with E-state index in [9.17, 15) is 9.59 Å². The van der Waals surface area contributed by atoms with Crippen LogP contribution in [-0.2, 0) is 4.74 Å². The molecule has 0 saturated carbocycles. The molecule has 1 N–H and O–H groups in total. The van der Waals surface area contributed by atoms with E-state index in [1.54, 1.807) is 48.5 Å². The van der Waals surface area contributed by atoms with Gasteiger partial charge in [0.15, 0.2) is 0 Å². The summed E-state index contributed by atoms with van der Waals surface area (Å²) in [5, 5.41) is 3.16. The van der Waals surface area contributed by atoms with Gasteiger partial charge in [-0.15, -0.1) is 0 Å². The first-order valence-electron chi connectivity index (χ1n) is 8.22. The van der Waals surface area contributed by atoms with Crippen molar-refractivity contribution in [2.45, 2.75) is 19.8 Å². The molecule has 0 bridgehead atoms. The lowest BCUT2D eigenvalue weighted by Gasteiger charge is -2.16. The van der Waals surface area contributed by atoms with Crippen LogP contribution in [0.25, 0.3) is 0 Å². The van der Waals surface area contributed by atoms with Gasteiger partial charge in [-0.05, 0) is 36.8 Å². The third-order valence-corrected chi connectivity index (χ3v) is 3.75. The molecule has 6 heteroatoms. The Hall–Kier alpha value is -2.89. The van der Waals surface area contributed by atoms with E-state index in [4.69, 9.17) is 4.74 Å². The number of aromatic nitrogens is 1. The summed E-state index contributed by atoms with van der Waals surface area (Å²) in [6.07, 6.45) is 3.61. The van der Waals surface area contributed by atoms with Gasteiger partial charge in [-0.2, -0.15) is 0 Å². The highest BCUT2D eigenvalue weighted by Gasteiger charge is 2.12. The van der Waals surface area contributed by atoms with Crippen LogP contribution >= 0.6 is 0 Å². The number of rotatable bonds is 7. The number of methoxy groups -OCH3 is 1. The van der Waals surface area contributed by atoms with Crippen molar-refractivity contribution in [3.8, 4) is 0 Å². The van der Waals surface area contributed by atoms with Gasteiger partial charge in [-0.3, -0.25) is 4.79 Å². The summed E-state index contributed by atoms with van der Waals surface area (Å²) in [5.41, 5.74) is 2.34. The van der Waals surface area contributed by atoms with Crippen LogP contribution in [0.1, 0.15) is 40.6 Å². The largest absolute Gasteiger partial charge is 0.465 e. The van der Waals surface area contributed by atoms with Crippen molar-refractivity contribution in [3.63, 3.8) is 0 Å². The number of ether oxygens (including phenoxy) is 1.